The van der Waals surface area contributed by atoms with Crippen LogP contribution in [-0.2, 0) is 4.79 Å². The molecule has 124 valence electrons. The quantitative estimate of drug-likeness (QED) is 0.627. The summed E-state index contributed by atoms with van der Waals surface area (Å²) >= 11 is 0. The topological polar surface area (TPSA) is 17.1 Å². The molecule has 4 fully saturated rings. The van der Waals surface area contributed by atoms with Gasteiger partial charge >= 0.3 is 0 Å². The minimum Gasteiger partial charge on any atom is -0.300 e. The zero-order valence-corrected chi connectivity index (χ0v) is 14.8. The summed E-state index contributed by atoms with van der Waals surface area (Å²) in [7, 11) is 0. The second-order valence-electron chi connectivity index (χ2n) is 9.69. The number of ketones is 1. The van der Waals surface area contributed by atoms with E-state index in [0.29, 0.717) is 11.2 Å². The first-order valence-electron chi connectivity index (χ1n) is 10.0. The van der Waals surface area contributed by atoms with Crippen molar-refractivity contribution in [3.05, 3.63) is 0 Å². The molecule has 4 rings (SSSR count). The molecule has 4 aliphatic carbocycles. The molecular weight excluding hydrogens is 268 g/mol. The lowest BCUT2D eigenvalue weighted by Crippen LogP contribution is -2.49. The van der Waals surface area contributed by atoms with Crippen molar-refractivity contribution in [1.82, 2.24) is 0 Å². The Morgan fingerprint density at radius 2 is 1.77 bits per heavy atom. The van der Waals surface area contributed by atoms with Gasteiger partial charge < -0.3 is 0 Å². The first-order chi connectivity index (χ1) is 10.5. The fourth-order valence-corrected chi connectivity index (χ4v) is 7.79. The van der Waals surface area contributed by atoms with Crippen LogP contribution in [0.1, 0.15) is 78.6 Å². The van der Waals surface area contributed by atoms with Gasteiger partial charge in [-0.3, -0.25) is 4.79 Å². The Hall–Kier alpha value is -0.330. The minimum atomic E-state index is 0.557. The van der Waals surface area contributed by atoms with Crippen molar-refractivity contribution in [2.24, 2.45) is 46.8 Å². The van der Waals surface area contributed by atoms with E-state index >= 15 is 0 Å². The molecular formula is C21H34O. The van der Waals surface area contributed by atoms with E-state index in [0.717, 1.165) is 54.3 Å². The van der Waals surface area contributed by atoms with Crippen molar-refractivity contribution in [2.45, 2.75) is 78.6 Å². The molecule has 0 aromatic heterocycles. The summed E-state index contributed by atoms with van der Waals surface area (Å²) in [5.74, 6) is 7.00. The van der Waals surface area contributed by atoms with Crippen molar-refractivity contribution in [3.63, 3.8) is 0 Å². The first-order valence-corrected chi connectivity index (χ1v) is 10.0. The molecule has 0 radical (unpaired) electrons. The van der Waals surface area contributed by atoms with E-state index in [1.165, 1.54) is 44.9 Å². The van der Waals surface area contributed by atoms with E-state index in [4.69, 9.17) is 0 Å². The molecule has 0 heterocycles. The number of carbonyl (C=O) groups is 1. The molecule has 4 aliphatic rings. The van der Waals surface area contributed by atoms with Gasteiger partial charge in [-0.25, -0.2) is 0 Å². The van der Waals surface area contributed by atoms with Crippen LogP contribution in [0, 0.1) is 46.8 Å². The van der Waals surface area contributed by atoms with E-state index < -0.39 is 0 Å². The van der Waals surface area contributed by atoms with Gasteiger partial charge in [0.1, 0.15) is 5.78 Å². The number of fused-ring (bicyclic) bond motifs is 5. The fraction of sp³-hybridized carbons (Fsp3) is 0.952. The summed E-state index contributed by atoms with van der Waals surface area (Å²) in [6.07, 6.45) is 11.7. The lowest BCUT2D eigenvalue weighted by molar-refractivity contribution is -0.127. The summed E-state index contributed by atoms with van der Waals surface area (Å²) in [6.45, 7) is 7.55. The van der Waals surface area contributed by atoms with Crippen molar-refractivity contribution < 1.29 is 4.79 Å². The average molecular weight is 303 g/mol. The molecule has 0 aromatic rings. The SMILES string of the molecule is CC(C)C1CC[C@H]2[C@@H]3CC[C@H]4CC(=O)CC[C@@H]4[C@H]3CC[C@]12C. The number of Topliss-reactive ketones (excluding diaryl/α,β-unsaturated/α-hetero) is 1. The van der Waals surface area contributed by atoms with Crippen molar-refractivity contribution in [3.8, 4) is 0 Å². The predicted octanol–water partition coefficient (Wildman–Crippen LogP) is 5.48. The Bertz CT molecular complexity index is 453. The average Bonchev–Trinajstić information content (AvgIpc) is 2.84. The largest absolute Gasteiger partial charge is 0.300 e. The summed E-state index contributed by atoms with van der Waals surface area (Å²) in [5, 5.41) is 0. The van der Waals surface area contributed by atoms with Crippen molar-refractivity contribution >= 4 is 5.78 Å². The third kappa shape index (κ3) is 2.13. The van der Waals surface area contributed by atoms with Gasteiger partial charge in [0.15, 0.2) is 0 Å². The van der Waals surface area contributed by atoms with E-state index in [1.54, 1.807) is 0 Å². The van der Waals surface area contributed by atoms with E-state index in [-0.39, 0.29) is 0 Å². The third-order valence-electron chi connectivity index (χ3n) is 8.64. The molecule has 1 heteroatoms. The number of carbonyl (C=O) groups excluding carboxylic acids is 1. The standard InChI is InChI=1S/C21H34O/c1-13(2)19-8-9-20-18-6-4-14-12-15(22)5-7-16(14)17(18)10-11-21(19,20)3/h13-14,16-20H,4-12H2,1-3H3/t14-,16-,17+,18+,19?,20-,21+/m0/s1. The second kappa shape index (κ2) is 5.35. The Kier molecular flexibility index (Phi) is 3.70. The van der Waals surface area contributed by atoms with E-state index in [9.17, 15) is 4.79 Å². The van der Waals surface area contributed by atoms with E-state index in [2.05, 4.69) is 20.8 Å². The van der Waals surface area contributed by atoms with Crippen LogP contribution in [0.2, 0.25) is 0 Å². The number of rotatable bonds is 1. The lowest BCUT2D eigenvalue weighted by atomic mass is 9.49. The van der Waals surface area contributed by atoms with Crippen LogP contribution in [0.25, 0.3) is 0 Å². The Balaban J connectivity index is 1.56. The molecule has 0 spiro atoms. The smallest absolute Gasteiger partial charge is 0.133 e. The Morgan fingerprint density at radius 3 is 2.55 bits per heavy atom. The van der Waals surface area contributed by atoms with Gasteiger partial charge in [0.25, 0.3) is 0 Å². The summed E-state index contributed by atoms with van der Waals surface area (Å²) in [5.41, 5.74) is 0.632. The summed E-state index contributed by atoms with van der Waals surface area (Å²) in [4.78, 5) is 11.8. The molecule has 1 unspecified atom stereocenters. The predicted molar refractivity (Wildman–Crippen MR) is 90.4 cm³/mol. The monoisotopic (exact) mass is 302 g/mol. The van der Waals surface area contributed by atoms with Gasteiger partial charge in [0, 0.05) is 12.8 Å². The van der Waals surface area contributed by atoms with Crippen LogP contribution in [0.4, 0.5) is 0 Å². The maximum atomic E-state index is 11.8. The van der Waals surface area contributed by atoms with Gasteiger partial charge in [0.2, 0.25) is 0 Å². The maximum Gasteiger partial charge on any atom is 0.133 e. The highest BCUT2D eigenvalue weighted by Gasteiger charge is 2.57. The molecule has 0 N–H and O–H groups in total. The summed E-state index contributed by atoms with van der Waals surface area (Å²) in [6, 6.07) is 0. The molecule has 7 atom stereocenters. The highest BCUT2D eigenvalue weighted by Crippen LogP contribution is 2.65. The van der Waals surface area contributed by atoms with Crippen LogP contribution in [0.15, 0.2) is 0 Å². The van der Waals surface area contributed by atoms with E-state index in [1.807, 2.05) is 0 Å². The van der Waals surface area contributed by atoms with Crippen molar-refractivity contribution in [1.29, 1.82) is 0 Å². The van der Waals surface area contributed by atoms with Gasteiger partial charge in [0.05, 0.1) is 0 Å². The molecule has 22 heavy (non-hydrogen) atoms. The van der Waals surface area contributed by atoms with Crippen molar-refractivity contribution in [2.75, 3.05) is 0 Å². The molecule has 0 aliphatic heterocycles. The normalized spacial score (nSPS) is 51.4. The number of hydrogen-bond donors (Lipinski definition) is 0. The number of hydrogen-bond acceptors (Lipinski definition) is 1. The molecule has 1 nitrogen and oxygen atoms in total. The zero-order valence-electron chi connectivity index (χ0n) is 14.8. The van der Waals surface area contributed by atoms with Crippen LogP contribution >= 0.6 is 0 Å². The molecule has 0 amide bonds. The maximum absolute atomic E-state index is 11.8. The van der Waals surface area contributed by atoms with Crippen LogP contribution in [0.3, 0.4) is 0 Å². The minimum absolute atomic E-state index is 0.557. The fourth-order valence-electron chi connectivity index (χ4n) is 7.79. The van der Waals surface area contributed by atoms with Crippen LogP contribution < -0.4 is 0 Å². The molecule has 0 aromatic carbocycles. The Morgan fingerprint density at radius 1 is 0.955 bits per heavy atom. The molecule has 0 saturated heterocycles. The van der Waals surface area contributed by atoms with Gasteiger partial charge in [-0.1, -0.05) is 20.8 Å². The second-order valence-corrected chi connectivity index (χ2v) is 9.69. The highest BCUT2D eigenvalue weighted by atomic mass is 16.1. The first kappa shape index (κ1) is 15.2. The molecule has 0 bridgehead atoms. The summed E-state index contributed by atoms with van der Waals surface area (Å²) < 4.78 is 0. The van der Waals surface area contributed by atoms with Gasteiger partial charge in [-0.15, -0.1) is 0 Å². The lowest BCUT2D eigenvalue weighted by Gasteiger charge is -2.56. The highest BCUT2D eigenvalue weighted by molar-refractivity contribution is 5.79. The van der Waals surface area contributed by atoms with Gasteiger partial charge in [-0.2, -0.15) is 0 Å². The third-order valence-corrected chi connectivity index (χ3v) is 8.64. The van der Waals surface area contributed by atoms with Gasteiger partial charge in [-0.05, 0) is 91.8 Å². The zero-order chi connectivity index (χ0) is 15.5. The van der Waals surface area contributed by atoms with Crippen LogP contribution in [-0.4, -0.2) is 5.78 Å². The van der Waals surface area contributed by atoms with Crippen LogP contribution in [0.5, 0.6) is 0 Å². The Labute approximate surface area is 136 Å². The molecule has 4 saturated carbocycles.